The molecule has 2 aromatic heterocycles. The number of imidazole rings is 1. The van der Waals surface area contributed by atoms with E-state index in [1.54, 1.807) is 38.6 Å². The number of para-hydroxylation sites is 2. The minimum Gasteiger partial charge on any atom is -0.494 e. The zero-order valence-electron chi connectivity index (χ0n) is 25.6. The Morgan fingerprint density at radius 3 is 2.49 bits per heavy atom. The molecule has 0 unspecified atom stereocenters. The lowest BCUT2D eigenvalue weighted by atomic mass is 10.2. The number of anilines is 4. The van der Waals surface area contributed by atoms with Crippen molar-refractivity contribution in [3.05, 3.63) is 61.3 Å². The van der Waals surface area contributed by atoms with Gasteiger partial charge in [0.05, 0.1) is 35.2 Å². The molecule has 4 aromatic rings. The lowest BCUT2D eigenvalue weighted by molar-refractivity contribution is -0.111. The van der Waals surface area contributed by atoms with Gasteiger partial charge >= 0.3 is 6.09 Å². The fourth-order valence-corrected chi connectivity index (χ4v) is 4.33. The Kier molecular flexibility index (Phi) is 9.18. The number of nitrogens with one attached hydrogen (secondary N) is 2. The molecular formula is C31H38N8O4. The summed E-state index contributed by atoms with van der Waals surface area (Å²) in [7, 11) is 7.03. The van der Waals surface area contributed by atoms with Crippen LogP contribution in [0.1, 0.15) is 20.8 Å². The number of benzene rings is 2. The highest BCUT2D eigenvalue weighted by Crippen LogP contribution is 2.38. The molecule has 0 fully saturated rings. The number of nitrogens with zero attached hydrogens (tertiary/aromatic N) is 6. The monoisotopic (exact) mass is 586 g/mol. The number of rotatable bonds is 10. The second-order valence-electron chi connectivity index (χ2n) is 11.0. The number of ether oxygens (including phenoxy) is 2. The van der Waals surface area contributed by atoms with E-state index in [-0.39, 0.29) is 5.91 Å². The zero-order chi connectivity index (χ0) is 31.3. The van der Waals surface area contributed by atoms with Gasteiger partial charge in [-0.05, 0) is 51.1 Å². The Balaban J connectivity index is 1.61. The van der Waals surface area contributed by atoms with Crippen molar-refractivity contribution in [2.24, 2.45) is 7.05 Å². The van der Waals surface area contributed by atoms with Crippen molar-refractivity contribution >= 4 is 46.0 Å². The van der Waals surface area contributed by atoms with Crippen LogP contribution in [0.3, 0.4) is 0 Å². The van der Waals surface area contributed by atoms with E-state index in [1.807, 2.05) is 68.6 Å². The molecule has 0 bridgehead atoms. The summed E-state index contributed by atoms with van der Waals surface area (Å²) < 4.78 is 13.1. The van der Waals surface area contributed by atoms with Crippen LogP contribution in [0.15, 0.2) is 61.3 Å². The van der Waals surface area contributed by atoms with Crippen LogP contribution in [0.25, 0.3) is 22.6 Å². The fourth-order valence-electron chi connectivity index (χ4n) is 4.33. The molecule has 12 nitrogen and oxygen atoms in total. The summed E-state index contributed by atoms with van der Waals surface area (Å²) in [5, 5.41) is 6.09. The summed E-state index contributed by atoms with van der Waals surface area (Å²) in [6, 6.07) is 13.2. The number of aromatic nitrogens is 4. The van der Waals surface area contributed by atoms with Crippen molar-refractivity contribution in [3.8, 4) is 17.3 Å². The first-order chi connectivity index (χ1) is 20.4. The first kappa shape index (κ1) is 30.8. The van der Waals surface area contributed by atoms with Crippen LogP contribution in [0, 0.1) is 0 Å². The standard InChI is InChI=1S/C31H38N8O4/c1-9-27(40)33-22-18-23(26(42-8)19-25(22)37(5)16-17-38(6)30(41)43-31(2,3)4)36-29-32-15-14-21(35-29)28-34-20-12-10-11-13-24(20)39(28)7/h9-15,18-19H,1,16-17H2,2-8H3,(H,33,40)(H,32,35,36). The van der Waals surface area contributed by atoms with Crippen LogP contribution in [-0.4, -0.2) is 76.3 Å². The van der Waals surface area contributed by atoms with Gasteiger partial charge in [0, 0.05) is 46.5 Å². The molecule has 4 rings (SSSR count). The maximum Gasteiger partial charge on any atom is 0.410 e. The highest BCUT2D eigenvalue weighted by Gasteiger charge is 2.21. The third-order valence-electron chi connectivity index (χ3n) is 6.57. The van der Waals surface area contributed by atoms with Crippen LogP contribution >= 0.6 is 0 Å². The first-order valence-electron chi connectivity index (χ1n) is 13.7. The van der Waals surface area contributed by atoms with Gasteiger partial charge in [-0.3, -0.25) is 4.79 Å². The van der Waals surface area contributed by atoms with Crippen LogP contribution < -0.4 is 20.3 Å². The smallest absolute Gasteiger partial charge is 0.410 e. The number of methoxy groups -OCH3 is 1. The second-order valence-corrected chi connectivity index (χ2v) is 11.0. The van der Waals surface area contributed by atoms with E-state index in [0.29, 0.717) is 53.4 Å². The summed E-state index contributed by atoms with van der Waals surface area (Å²) in [5.74, 6) is 1.14. The summed E-state index contributed by atoms with van der Waals surface area (Å²) in [5.41, 5.74) is 3.62. The summed E-state index contributed by atoms with van der Waals surface area (Å²) in [6.07, 6.45) is 2.43. The lowest BCUT2D eigenvalue weighted by Crippen LogP contribution is -2.38. The third-order valence-corrected chi connectivity index (χ3v) is 6.57. The predicted octanol–water partition coefficient (Wildman–Crippen LogP) is 5.21. The molecule has 2 amide bonds. The maximum atomic E-state index is 12.4. The molecule has 226 valence electrons. The number of likely N-dealkylation sites (N-methyl/N-ethyl adjacent to an activating group) is 2. The normalized spacial score (nSPS) is 11.1. The predicted molar refractivity (Wildman–Crippen MR) is 169 cm³/mol. The highest BCUT2D eigenvalue weighted by atomic mass is 16.6. The van der Waals surface area contributed by atoms with E-state index >= 15 is 0 Å². The molecule has 0 aliphatic rings. The molecule has 0 aliphatic carbocycles. The number of carbonyl (C=O) groups is 2. The molecule has 0 spiro atoms. The van der Waals surface area contributed by atoms with Crippen molar-refractivity contribution < 1.29 is 19.1 Å². The summed E-state index contributed by atoms with van der Waals surface area (Å²) in [4.78, 5) is 42.0. The van der Waals surface area contributed by atoms with Gasteiger partial charge in [-0.2, -0.15) is 0 Å². The minimum absolute atomic E-state index is 0.323. The number of fused-ring (bicyclic) bond motifs is 1. The van der Waals surface area contributed by atoms with E-state index in [0.717, 1.165) is 11.0 Å². The number of carbonyl (C=O) groups excluding carboxylic acids is 2. The summed E-state index contributed by atoms with van der Waals surface area (Å²) >= 11 is 0. The zero-order valence-corrected chi connectivity index (χ0v) is 25.6. The fraction of sp³-hybridized carbons (Fsp3) is 0.323. The van der Waals surface area contributed by atoms with Crippen LogP contribution in [-0.2, 0) is 16.6 Å². The molecule has 2 N–H and O–H groups in total. The highest BCUT2D eigenvalue weighted by molar-refractivity contribution is 6.02. The van der Waals surface area contributed by atoms with Crippen LogP contribution in [0.4, 0.5) is 27.8 Å². The molecule has 0 atom stereocenters. The van der Waals surface area contributed by atoms with Crippen molar-refractivity contribution in [3.63, 3.8) is 0 Å². The van der Waals surface area contributed by atoms with Gasteiger partial charge in [0.25, 0.3) is 0 Å². The molecular weight excluding hydrogens is 548 g/mol. The second kappa shape index (κ2) is 12.8. The number of hydrogen-bond donors (Lipinski definition) is 2. The van der Waals surface area contributed by atoms with Gasteiger partial charge in [-0.25, -0.2) is 19.7 Å². The Morgan fingerprint density at radius 2 is 1.81 bits per heavy atom. The Labute approximate surface area is 251 Å². The van der Waals surface area contributed by atoms with Gasteiger partial charge in [-0.1, -0.05) is 18.7 Å². The SMILES string of the molecule is C=CC(=O)Nc1cc(Nc2nccc(-c3nc4ccccc4n3C)n2)c(OC)cc1N(C)CCN(C)C(=O)OC(C)(C)C. The topological polar surface area (TPSA) is 127 Å². The molecule has 12 heteroatoms. The van der Waals surface area contributed by atoms with Crippen LogP contribution in [0.2, 0.25) is 0 Å². The first-order valence-corrected chi connectivity index (χ1v) is 13.7. The summed E-state index contributed by atoms with van der Waals surface area (Å²) in [6.45, 7) is 9.87. The van der Waals surface area contributed by atoms with Crippen molar-refractivity contribution in [1.29, 1.82) is 0 Å². The minimum atomic E-state index is -0.593. The number of hydrogen-bond acceptors (Lipinski definition) is 9. The van der Waals surface area contributed by atoms with E-state index in [2.05, 4.69) is 22.2 Å². The van der Waals surface area contributed by atoms with E-state index in [4.69, 9.17) is 19.4 Å². The molecule has 2 heterocycles. The number of amides is 2. The van der Waals surface area contributed by atoms with Gasteiger partial charge in [0.15, 0.2) is 5.82 Å². The average Bonchev–Trinajstić information content (AvgIpc) is 3.31. The molecule has 0 radical (unpaired) electrons. The van der Waals surface area contributed by atoms with Gasteiger partial charge in [0.2, 0.25) is 11.9 Å². The molecule has 0 saturated heterocycles. The quantitative estimate of drug-likeness (QED) is 0.241. The molecule has 43 heavy (non-hydrogen) atoms. The molecule has 0 saturated carbocycles. The van der Waals surface area contributed by atoms with Gasteiger partial charge < -0.3 is 34.5 Å². The number of aryl methyl sites for hydroxylation is 1. The third kappa shape index (κ3) is 7.39. The van der Waals surface area contributed by atoms with Crippen molar-refractivity contribution in [1.82, 2.24) is 24.4 Å². The Bertz CT molecular complexity index is 1640. The largest absolute Gasteiger partial charge is 0.494 e. The van der Waals surface area contributed by atoms with Crippen molar-refractivity contribution in [2.75, 3.05) is 49.8 Å². The van der Waals surface area contributed by atoms with Crippen LogP contribution in [0.5, 0.6) is 5.75 Å². The maximum absolute atomic E-state index is 12.4. The lowest BCUT2D eigenvalue weighted by Gasteiger charge is -2.28. The van der Waals surface area contributed by atoms with Gasteiger partial charge in [0.1, 0.15) is 17.0 Å². The van der Waals surface area contributed by atoms with E-state index in [9.17, 15) is 9.59 Å². The van der Waals surface area contributed by atoms with Gasteiger partial charge in [-0.15, -0.1) is 0 Å². The Morgan fingerprint density at radius 1 is 1.07 bits per heavy atom. The van der Waals surface area contributed by atoms with Crippen molar-refractivity contribution in [2.45, 2.75) is 26.4 Å². The van der Waals surface area contributed by atoms with E-state index in [1.165, 1.54) is 11.0 Å². The Hall–Kier alpha value is -5.13. The average molecular weight is 587 g/mol. The van der Waals surface area contributed by atoms with E-state index < -0.39 is 11.7 Å². The molecule has 0 aliphatic heterocycles. The molecule has 2 aromatic carbocycles.